The monoisotopic (exact) mass is 420 g/mol. The van der Waals surface area contributed by atoms with Crippen molar-refractivity contribution in [3.05, 3.63) is 40.3 Å². The van der Waals surface area contributed by atoms with E-state index in [9.17, 15) is 18.0 Å². The van der Waals surface area contributed by atoms with Gasteiger partial charge in [0.2, 0.25) is 0 Å². The molecule has 1 aromatic carbocycles. The molecular weight excluding hydrogens is 396 g/mol. The van der Waals surface area contributed by atoms with Crippen LogP contribution in [0.2, 0.25) is 0 Å². The van der Waals surface area contributed by atoms with Crippen LogP contribution in [0.4, 0.5) is 0 Å². The Bertz CT molecular complexity index is 998. The quantitative estimate of drug-likeness (QED) is 0.536. The Balaban J connectivity index is 1.94. The van der Waals surface area contributed by atoms with Crippen LogP contribution in [0, 0.1) is 11.3 Å². The molecule has 7 nitrogen and oxygen atoms in total. The van der Waals surface area contributed by atoms with Gasteiger partial charge in [0.1, 0.15) is 5.75 Å². The first kappa shape index (κ1) is 19.9. The van der Waals surface area contributed by atoms with Crippen LogP contribution in [0.1, 0.15) is 45.1 Å². The molecule has 1 aromatic rings. The summed E-state index contributed by atoms with van der Waals surface area (Å²) in [5.74, 6) is -3.65. The van der Waals surface area contributed by atoms with Gasteiger partial charge in [0, 0.05) is 30.6 Å². The van der Waals surface area contributed by atoms with Crippen LogP contribution >= 0.6 is 0 Å². The largest absolute Gasteiger partial charge is 0.497 e. The number of hydrogen-bond acceptors (Lipinski definition) is 7. The fourth-order valence-electron chi connectivity index (χ4n) is 5.04. The van der Waals surface area contributed by atoms with E-state index < -0.39 is 44.8 Å². The van der Waals surface area contributed by atoms with Crippen molar-refractivity contribution in [3.63, 3.8) is 0 Å². The molecule has 0 amide bonds. The van der Waals surface area contributed by atoms with E-state index in [1.807, 2.05) is 0 Å². The van der Waals surface area contributed by atoms with Crippen LogP contribution in [0.25, 0.3) is 0 Å². The summed E-state index contributed by atoms with van der Waals surface area (Å²) in [6.07, 6.45) is 0.439. The van der Waals surface area contributed by atoms with Crippen LogP contribution in [-0.2, 0) is 28.9 Å². The molecule has 2 heterocycles. The molecule has 0 saturated carbocycles. The molecule has 2 aliphatic heterocycles. The number of fused-ring (bicyclic) bond motifs is 2. The second-order valence-corrected chi connectivity index (χ2v) is 10.5. The van der Waals surface area contributed by atoms with E-state index in [-0.39, 0.29) is 23.5 Å². The molecule has 0 N–H and O–H groups in total. The highest BCUT2D eigenvalue weighted by Gasteiger charge is 2.69. The molecule has 1 spiro atoms. The SMILES string of the molecule is COc1ccc([C@H]2CC(C)=C3[C@H](CCS3(=O)=O)C23C(=O)OC(C)(C)OC3=O)cc1. The van der Waals surface area contributed by atoms with Crippen molar-refractivity contribution >= 4 is 21.8 Å². The molecule has 2 fully saturated rings. The van der Waals surface area contributed by atoms with E-state index in [0.717, 1.165) is 5.56 Å². The lowest BCUT2D eigenvalue weighted by Crippen LogP contribution is -2.60. The number of carbonyl (C=O) groups excluding carboxylic acids is 2. The van der Waals surface area contributed by atoms with Crippen molar-refractivity contribution in [3.8, 4) is 5.75 Å². The number of ether oxygens (including phenoxy) is 3. The maximum atomic E-state index is 13.4. The minimum absolute atomic E-state index is 0.0919. The first-order chi connectivity index (χ1) is 13.5. The summed E-state index contributed by atoms with van der Waals surface area (Å²) in [5.41, 5.74) is -0.297. The Morgan fingerprint density at radius 3 is 2.17 bits per heavy atom. The van der Waals surface area contributed by atoms with Crippen LogP contribution < -0.4 is 4.74 Å². The second-order valence-electron chi connectivity index (χ2n) is 8.38. The third-order valence-corrected chi connectivity index (χ3v) is 8.30. The lowest BCUT2D eigenvalue weighted by Gasteiger charge is -2.49. The lowest BCUT2D eigenvalue weighted by molar-refractivity contribution is -0.257. The summed E-state index contributed by atoms with van der Waals surface area (Å²) in [4.78, 5) is 27.0. The minimum atomic E-state index is -3.52. The molecule has 1 aliphatic carbocycles. The third kappa shape index (κ3) is 2.79. The highest BCUT2D eigenvalue weighted by Crippen LogP contribution is 2.60. The smallest absolute Gasteiger partial charge is 0.328 e. The van der Waals surface area contributed by atoms with Crippen LogP contribution in [0.5, 0.6) is 5.75 Å². The topological polar surface area (TPSA) is 96.0 Å². The summed E-state index contributed by atoms with van der Waals surface area (Å²) in [6.45, 7) is 4.75. The van der Waals surface area contributed by atoms with E-state index in [4.69, 9.17) is 14.2 Å². The number of methoxy groups -OCH3 is 1. The number of rotatable bonds is 2. The number of esters is 2. The molecule has 4 rings (SSSR count). The van der Waals surface area contributed by atoms with E-state index in [2.05, 4.69) is 0 Å². The van der Waals surface area contributed by atoms with Gasteiger partial charge in [0.25, 0.3) is 5.79 Å². The Morgan fingerprint density at radius 2 is 1.62 bits per heavy atom. The lowest BCUT2D eigenvalue weighted by atomic mass is 9.58. The van der Waals surface area contributed by atoms with Gasteiger partial charge in [0.05, 0.1) is 12.9 Å². The normalized spacial score (nSPS) is 29.2. The van der Waals surface area contributed by atoms with E-state index >= 15 is 0 Å². The molecule has 8 heteroatoms. The number of carbonyl (C=O) groups is 2. The Hall–Kier alpha value is -2.35. The molecule has 0 bridgehead atoms. The molecule has 29 heavy (non-hydrogen) atoms. The zero-order valence-electron chi connectivity index (χ0n) is 16.9. The predicted octanol–water partition coefficient (Wildman–Crippen LogP) is 2.71. The molecule has 2 atom stereocenters. The van der Waals surface area contributed by atoms with Crippen molar-refractivity contribution < 1.29 is 32.2 Å². The highest BCUT2D eigenvalue weighted by molar-refractivity contribution is 7.95. The first-order valence-corrected chi connectivity index (χ1v) is 11.2. The molecule has 2 saturated heterocycles. The molecule has 0 radical (unpaired) electrons. The van der Waals surface area contributed by atoms with Gasteiger partial charge in [0.15, 0.2) is 15.3 Å². The molecular formula is C21H24O7S. The second kappa shape index (κ2) is 6.32. The van der Waals surface area contributed by atoms with Gasteiger partial charge < -0.3 is 14.2 Å². The van der Waals surface area contributed by atoms with E-state index in [0.29, 0.717) is 11.3 Å². The third-order valence-electron chi connectivity index (χ3n) is 6.23. The van der Waals surface area contributed by atoms with Crippen molar-refractivity contribution in [2.75, 3.05) is 12.9 Å². The summed E-state index contributed by atoms with van der Waals surface area (Å²) in [7, 11) is -1.97. The number of sulfone groups is 1. The van der Waals surface area contributed by atoms with Gasteiger partial charge in [-0.05, 0) is 37.5 Å². The minimum Gasteiger partial charge on any atom is -0.497 e. The fraction of sp³-hybridized carbons (Fsp3) is 0.524. The average molecular weight is 420 g/mol. The Labute approximate surface area is 169 Å². The Kier molecular flexibility index (Phi) is 4.35. The number of allylic oxidation sites excluding steroid dienone is 2. The van der Waals surface area contributed by atoms with Gasteiger partial charge >= 0.3 is 11.9 Å². The fourth-order valence-corrected chi connectivity index (χ4v) is 7.16. The highest BCUT2D eigenvalue weighted by atomic mass is 32.2. The summed E-state index contributed by atoms with van der Waals surface area (Å²) in [6, 6.07) is 7.11. The van der Waals surface area contributed by atoms with Gasteiger partial charge in [-0.15, -0.1) is 0 Å². The molecule has 0 unspecified atom stereocenters. The van der Waals surface area contributed by atoms with Gasteiger partial charge in [-0.1, -0.05) is 17.7 Å². The van der Waals surface area contributed by atoms with Crippen LogP contribution in [0.3, 0.4) is 0 Å². The number of cyclic esters (lactones) is 2. The van der Waals surface area contributed by atoms with Crippen molar-refractivity contribution in [2.45, 2.75) is 45.3 Å². The first-order valence-electron chi connectivity index (χ1n) is 9.56. The van der Waals surface area contributed by atoms with Gasteiger partial charge in [-0.2, -0.15) is 0 Å². The maximum absolute atomic E-state index is 13.4. The zero-order chi connectivity index (χ0) is 21.2. The number of hydrogen-bond donors (Lipinski definition) is 0. The average Bonchev–Trinajstić information content (AvgIpc) is 2.96. The maximum Gasteiger partial charge on any atom is 0.328 e. The van der Waals surface area contributed by atoms with Crippen LogP contribution in [-0.4, -0.2) is 39.0 Å². The summed E-state index contributed by atoms with van der Waals surface area (Å²) in [5, 5.41) is 0. The summed E-state index contributed by atoms with van der Waals surface area (Å²) < 4.78 is 41.7. The summed E-state index contributed by atoms with van der Waals surface area (Å²) >= 11 is 0. The zero-order valence-corrected chi connectivity index (χ0v) is 17.7. The van der Waals surface area contributed by atoms with E-state index in [1.165, 1.54) is 13.8 Å². The van der Waals surface area contributed by atoms with Gasteiger partial charge in [-0.3, -0.25) is 9.59 Å². The molecule has 156 valence electrons. The van der Waals surface area contributed by atoms with Crippen molar-refractivity contribution in [1.29, 1.82) is 0 Å². The molecule has 3 aliphatic rings. The van der Waals surface area contributed by atoms with Gasteiger partial charge in [-0.25, -0.2) is 8.42 Å². The van der Waals surface area contributed by atoms with Crippen molar-refractivity contribution in [2.24, 2.45) is 11.3 Å². The standard InChI is InChI=1S/C21H24O7S/c1-12-11-16(13-5-7-14(26-4)8-6-13)21(15-9-10-29(24,25)17(12)15)18(22)27-20(2,3)28-19(21)23/h5-8,15-16H,9-11H2,1-4H3/t15-,16+/m0/s1. The van der Waals surface area contributed by atoms with E-state index in [1.54, 1.807) is 38.3 Å². The van der Waals surface area contributed by atoms with Crippen LogP contribution in [0.15, 0.2) is 34.7 Å². The van der Waals surface area contributed by atoms with Crippen molar-refractivity contribution in [1.82, 2.24) is 0 Å². The predicted molar refractivity (Wildman–Crippen MR) is 104 cm³/mol. The Morgan fingerprint density at radius 1 is 1.03 bits per heavy atom. The molecule has 0 aromatic heterocycles. The number of benzene rings is 1.